The van der Waals surface area contributed by atoms with Gasteiger partial charge in [0, 0.05) is 18.8 Å². The molecule has 0 spiro atoms. The van der Waals surface area contributed by atoms with E-state index in [0.29, 0.717) is 0 Å². The van der Waals surface area contributed by atoms with Crippen LogP contribution < -0.4 is 5.32 Å². The molecule has 88 valence electrons. The number of nitrogens with one attached hydrogen (secondary N) is 1. The summed E-state index contributed by atoms with van der Waals surface area (Å²) in [5.41, 5.74) is 1.03. The molecule has 0 aliphatic carbocycles. The highest BCUT2D eigenvalue weighted by atomic mass is 32.2. The molecule has 0 atom stereocenters. The summed E-state index contributed by atoms with van der Waals surface area (Å²) in [5, 5.41) is 4.86. The SMILES string of the molecule is CNc1nc(C)nc(Sc2ccncn2)c1C. The van der Waals surface area contributed by atoms with E-state index in [0.717, 1.165) is 27.3 Å². The second-order valence-corrected chi connectivity index (χ2v) is 4.46. The highest BCUT2D eigenvalue weighted by Crippen LogP contribution is 2.29. The minimum absolute atomic E-state index is 0.747. The minimum Gasteiger partial charge on any atom is -0.373 e. The van der Waals surface area contributed by atoms with E-state index < -0.39 is 0 Å². The lowest BCUT2D eigenvalue weighted by atomic mass is 10.3. The third kappa shape index (κ3) is 2.71. The summed E-state index contributed by atoms with van der Waals surface area (Å²) in [6.07, 6.45) is 3.25. The van der Waals surface area contributed by atoms with Crippen LogP contribution in [0.2, 0.25) is 0 Å². The van der Waals surface area contributed by atoms with Crippen molar-refractivity contribution < 1.29 is 0 Å². The quantitative estimate of drug-likeness (QED) is 0.838. The van der Waals surface area contributed by atoms with Crippen molar-refractivity contribution in [1.82, 2.24) is 19.9 Å². The van der Waals surface area contributed by atoms with Gasteiger partial charge in [0.15, 0.2) is 0 Å². The monoisotopic (exact) mass is 247 g/mol. The summed E-state index contributed by atoms with van der Waals surface area (Å²) >= 11 is 1.52. The molecule has 2 aromatic rings. The molecule has 17 heavy (non-hydrogen) atoms. The fourth-order valence-electron chi connectivity index (χ4n) is 1.38. The van der Waals surface area contributed by atoms with E-state index in [1.165, 1.54) is 18.1 Å². The summed E-state index contributed by atoms with van der Waals surface area (Å²) in [6.45, 7) is 3.87. The van der Waals surface area contributed by atoms with Crippen molar-refractivity contribution in [3.63, 3.8) is 0 Å². The van der Waals surface area contributed by atoms with Gasteiger partial charge in [0.2, 0.25) is 0 Å². The molecule has 2 rings (SSSR count). The maximum atomic E-state index is 4.43. The number of hydrogen-bond donors (Lipinski definition) is 1. The Morgan fingerprint density at radius 2 is 2.06 bits per heavy atom. The normalized spacial score (nSPS) is 10.3. The highest BCUT2D eigenvalue weighted by Gasteiger charge is 2.09. The van der Waals surface area contributed by atoms with Gasteiger partial charge >= 0.3 is 0 Å². The van der Waals surface area contributed by atoms with Crippen molar-refractivity contribution >= 4 is 17.6 Å². The molecule has 0 amide bonds. The molecule has 2 aromatic heterocycles. The second-order valence-electron chi connectivity index (χ2n) is 3.45. The van der Waals surface area contributed by atoms with Gasteiger partial charge in [0.1, 0.15) is 28.0 Å². The average molecular weight is 247 g/mol. The zero-order valence-corrected chi connectivity index (χ0v) is 10.7. The first-order valence-corrected chi connectivity index (χ1v) is 5.99. The lowest BCUT2D eigenvalue weighted by Crippen LogP contribution is -2.02. The van der Waals surface area contributed by atoms with E-state index in [1.807, 2.05) is 27.0 Å². The molecular weight excluding hydrogens is 234 g/mol. The molecule has 0 saturated carbocycles. The van der Waals surface area contributed by atoms with Gasteiger partial charge in [-0.05, 0) is 31.7 Å². The number of anilines is 1. The number of aryl methyl sites for hydroxylation is 1. The van der Waals surface area contributed by atoms with Crippen LogP contribution in [-0.2, 0) is 0 Å². The first-order chi connectivity index (χ1) is 8.20. The van der Waals surface area contributed by atoms with Crippen molar-refractivity contribution in [2.24, 2.45) is 0 Å². The van der Waals surface area contributed by atoms with Crippen LogP contribution in [0.5, 0.6) is 0 Å². The van der Waals surface area contributed by atoms with Crippen LogP contribution >= 0.6 is 11.8 Å². The maximum Gasteiger partial charge on any atom is 0.133 e. The largest absolute Gasteiger partial charge is 0.373 e. The van der Waals surface area contributed by atoms with Crippen LogP contribution in [0.1, 0.15) is 11.4 Å². The summed E-state index contributed by atoms with van der Waals surface area (Å²) < 4.78 is 0. The molecule has 0 aromatic carbocycles. The Morgan fingerprint density at radius 1 is 1.24 bits per heavy atom. The lowest BCUT2D eigenvalue weighted by molar-refractivity contribution is 0.935. The van der Waals surface area contributed by atoms with Crippen molar-refractivity contribution in [3.8, 4) is 0 Å². The Labute approximate surface area is 104 Å². The van der Waals surface area contributed by atoms with Crippen molar-refractivity contribution in [3.05, 3.63) is 30.0 Å². The summed E-state index contributed by atoms with van der Waals surface area (Å²) in [7, 11) is 1.86. The lowest BCUT2D eigenvalue weighted by Gasteiger charge is -2.09. The molecule has 6 heteroatoms. The van der Waals surface area contributed by atoms with Crippen LogP contribution in [-0.4, -0.2) is 27.0 Å². The Balaban J connectivity index is 2.36. The molecule has 0 radical (unpaired) electrons. The van der Waals surface area contributed by atoms with Gasteiger partial charge in [0.05, 0.1) is 0 Å². The number of rotatable bonds is 3. The fraction of sp³-hybridized carbons (Fsp3) is 0.273. The van der Waals surface area contributed by atoms with Gasteiger partial charge in [-0.3, -0.25) is 0 Å². The third-order valence-corrected chi connectivity index (χ3v) is 3.25. The van der Waals surface area contributed by atoms with E-state index in [-0.39, 0.29) is 0 Å². The fourth-order valence-corrected chi connectivity index (χ4v) is 2.24. The average Bonchev–Trinajstić information content (AvgIpc) is 2.34. The van der Waals surface area contributed by atoms with Crippen LogP contribution in [0, 0.1) is 13.8 Å². The molecule has 0 unspecified atom stereocenters. The molecule has 0 aliphatic rings. The zero-order valence-electron chi connectivity index (χ0n) is 9.93. The minimum atomic E-state index is 0.747. The first-order valence-electron chi connectivity index (χ1n) is 5.17. The van der Waals surface area contributed by atoms with Crippen molar-refractivity contribution in [1.29, 1.82) is 0 Å². The highest BCUT2D eigenvalue weighted by molar-refractivity contribution is 7.99. The molecule has 2 heterocycles. The van der Waals surface area contributed by atoms with Crippen molar-refractivity contribution in [2.45, 2.75) is 23.9 Å². The van der Waals surface area contributed by atoms with Gasteiger partial charge < -0.3 is 5.32 Å². The van der Waals surface area contributed by atoms with E-state index in [9.17, 15) is 0 Å². The second kappa shape index (κ2) is 5.09. The first kappa shape index (κ1) is 11.8. The van der Waals surface area contributed by atoms with Gasteiger partial charge in [-0.25, -0.2) is 19.9 Å². The molecule has 5 nitrogen and oxygen atoms in total. The maximum absolute atomic E-state index is 4.43. The van der Waals surface area contributed by atoms with Crippen LogP contribution in [0.15, 0.2) is 28.6 Å². The topological polar surface area (TPSA) is 63.6 Å². The van der Waals surface area contributed by atoms with E-state index in [2.05, 4.69) is 25.3 Å². The molecular formula is C11H13N5S. The van der Waals surface area contributed by atoms with Crippen LogP contribution in [0.3, 0.4) is 0 Å². The predicted octanol–water partition coefficient (Wildman–Crippen LogP) is 2.08. The molecule has 0 bridgehead atoms. The molecule has 0 aliphatic heterocycles. The number of aromatic nitrogens is 4. The Bertz CT molecular complexity index is 515. The Morgan fingerprint density at radius 3 is 2.71 bits per heavy atom. The summed E-state index contributed by atoms with van der Waals surface area (Å²) in [4.78, 5) is 16.8. The summed E-state index contributed by atoms with van der Waals surface area (Å²) in [6, 6.07) is 1.86. The molecule has 0 fully saturated rings. The van der Waals surface area contributed by atoms with E-state index >= 15 is 0 Å². The zero-order chi connectivity index (χ0) is 12.3. The van der Waals surface area contributed by atoms with Gasteiger partial charge in [-0.2, -0.15) is 0 Å². The van der Waals surface area contributed by atoms with Crippen molar-refractivity contribution in [2.75, 3.05) is 12.4 Å². The van der Waals surface area contributed by atoms with Gasteiger partial charge in [0.25, 0.3) is 0 Å². The number of hydrogen-bond acceptors (Lipinski definition) is 6. The van der Waals surface area contributed by atoms with E-state index in [1.54, 1.807) is 6.20 Å². The molecule has 1 N–H and O–H groups in total. The summed E-state index contributed by atoms with van der Waals surface area (Å²) in [5.74, 6) is 1.60. The predicted molar refractivity (Wildman–Crippen MR) is 67.2 cm³/mol. The van der Waals surface area contributed by atoms with E-state index in [4.69, 9.17) is 0 Å². The van der Waals surface area contributed by atoms with Gasteiger partial charge in [-0.1, -0.05) is 0 Å². The Kier molecular flexibility index (Phi) is 3.53. The standard InChI is InChI=1S/C11H13N5S/c1-7-10(12-3)15-8(2)16-11(7)17-9-4-5-13-6-14-9/h4-6H,1-3H3,(H,12,15,16). The van der Waals surface area contributed by atoms with Crippen LogP contribution in [0.25, 0.3) is 0 Å². The van der Waals surface area contributed by atoms with Gasteiger partial charge in [-0.15, -0.1) is 0 Å². The third-order valence-electron chi connectivity index (χ3n) is 2.21. The Hall–Kier alpha value is -1.69. The smallest absolute Gasteiger partial charge is 0.133 e. The molecule has 0 saturated heterocycles. The van der Waals surface area contributed by atoms with Crippen LogP contribution in [0.4, 0.5) is 5.82 Å². The number of nitrogens with zero attached hydrogens (tertiary/aromatic N) is 4.